The van der Waals surface area contributed by atoms with Gasteiger partial charge in [-0.25, -0.2) is 8.42 Å². The molecule has 11 heteroatoms. The van der Waals surface area contributed by atoms with Crippen LogP contribution >= 0.6 is 11.6 Å². The lowest BCUT2D eigenvalue weighted by Crippen LogP contribution is -2.41. The van der Waals surface area contributed by atoms with Crippen molar-refractivity contribution in [1.29, 1.82) is 0 Å². The topological polar surface area (TPSA) is 119 Å². The van der Waals surface area contributed by atoms with E-state index in [0.717, 1.165) is 16.6 Å². The Bertz CT molecular complexity index is 1010. The number of rotatable bonds is 9. The molecule has 0 unspecified atom stereocenters. The predicted octanol–water partition coefficient (Wildman–Crippen LogP) is 2.52. The van der Waals surface area contributed by atoms with Gasteiger partial charge in [-0.2, -0.15) is 0 Å². The van der Waals surface area contributed by atoms with Crippen LogP contribution in [0.1, 0.15) is 5.56 Å². The summed E-state index contributed by atoms with van der Waals surface area (Å²) in [4.78, 5) is 22.6. The lowest BCUT2D eigenvalue weighted by molar-refractivity contribution is -0.384. The van der Waals surface area contributed by atoms with E-state index in [1.165, 1.54) is 12.1 Å². The van der Waals surface area contributed by atoms with Crippen LogP contribution in [0.5, 0.6) is 5.75 Å². The van der Waals surface area contributed by atoms with Crippen molar-refractivity contribution in [3.8, 4) is 5.75 Å². The van der Waals surface area contributed by atoms with E-state index in [9.17, 15) is 23.3 Å². The number of anilines is 1. The van der Waals surface area contributed by atoms with Crippen molar-refractivity contribution in [2.75, 3.05) is 30.3 Å². The smallest absolute Gasteiger partial charge is 0.271 e. The van der Waals surface area contributed by atoms with Gasteiger partial charge in [0, 0.05) is 12.1 Å². The molecule has 0 saturated carbocycles. The Morgan fingerprint density at radius 1 is 1.28 bits per heavy atom. The third kappa shape index (κ3) is 6.33. The summed E-state index contributed by atoms with van der Waals surface area (Å²) in [6.45, 7) is 1.33. The van der Waals surface area contributed by atoms with E-state index < -0.39 is 27.4 Å². The largest absolute Gasteiger partial charge is 0.490 e. The highest BCUT2D eigenvalue weighted by Crippen LogP contribution is 2.27. The second kappa shape index (κ2) is 9.57. The van der Waals surface area contributed by atoms with Crippen molar-refractivity contribution in [2.24, 2.45) is 0 Å². The van der Waals surface area contributed by atoms with Crippen molar-refractivity contribution >= 4 is 38.9 Å². The van der Waals surface area contributed by atoms with Gasteiger partial charge in [0.1, 0.15) is 18.9 Å². The summed E-state index contributed by atoms with van der Waals surface area (Å²) in [5, 5.41) is 14.0. The van der Waals surface area contributed by atoms with Crippen molar-refractivity contribution in [3.63, 3.8) is 0 Å². The van der Waals surface area contributed by atoms with Crippen LogP contribution in [0.2, 0.25) is 5.02 Å². The van der Waals surface area contributed by atoms with Gasteiger partial charge in [-0.15, -0.1) is 0 Å². The molecule has 0 bridgehead atoms. The molecule has 0 aliphatic carbocycles. The Hall–Kier alpha value is -2.85. The summed E-state index contributed by atoms with van der Waals surface area (Å²) >= 11 is 5.97. The fraction of sp³-hybridized carbons (Fsp3) is 0.278. The summed E-state index contributed by atoms with van der Waals surface area (Å²) in [6.07, 6.45) is 0.930. The molecule has 0 aromatic heterocycles. The highest BCUT2D eigenvalue weighted by Gasteiger charge is 2.24. The molecule has 156 valence electrons. The first-order valence-corrected chi connectivity index (χ1v) is 10.7. The molecular weight excluding hydrogens is 422 g/mol. The van der Waals surface area contributed by atoms with E-state index in [-0.39, 0.29) is 24.5 Å². The molecule has 2 aromatic rings. The Kier molecular flexibility index (Phi) is 7.40. The first kappa shape index (κ1) is 22.4. The minimum Gasteiger partial charge on any atom is -0.490 e. The number of nitro benzene ring substituents is 1. The number of non-ortho nitro benzene ring substituents is 1. The monoisotopic (exact) mass is 441 g/mol. The number of aryl methyl sites for hydroxylation is 1. The summed E-state index contributed by atoms with van der Waals surface area (Å²) < 4.78 is 30.7. The zero-order chi connectivity index (χ0) is 21.6. The van der Waals surface area contributed by atoms with Crippen molar-refractivity contribution in [3.05, 3.63) is 63.2 Å². The van der Waals surface area contributed by atoms with Crippen molar-refractivity contribution < 1.29 is 22.9 Å². The number of halogens is 1. The number of hydrogen-bond donors (Lipinski definition) is 1. The standard InChI is InChI=1S/C18H20ClN3O6S/c1-13-7-8-14(22(24)25)11-16(13)21(29(2,26)27)12-18(23)20-9-10-28-17-6-4-3-5-15(17)19/h3-8,11H,9-10,12H2,1-2H3,(H,20,23). The zero-order valence-electron chi connectivity index (χ0n) is 15.8. The van der Waals surface area contributed by atoms with Gasteiger partial charge in [-0.1, -0.05) is 29.8 Å². The van der Waals surface area contributed by atoms with E-state index in [0.29, 0.717) is 16.3 Å². The van der Waals surface area contributed by atoms with Crippen LogP contribution in [-0.2, 0) is 14.8 Å². The average molecular weight is 442 g/mol. The number of nitrogens with one attached hydrogen (secondary N) is 1. The highest BCUT2D eigenvalue weighted by molar-refractivity contribution is 7.92. The third-order valence-electron chi connectivity index (χ3n) is 3.88. The Balaban J connectivity index is 2.04. The number of para-hydroxylation sites is 1. The molecule has 0 fully saturated rings. The summed E-state index contributed by atoms with van der Waals surface area (Å²) in [5.74, 6) is -0.113. The first-order chi connectivity index (χ1) is 13.6. The molecule has 29 heavy (non-hydrogen) atoms. The first-order valence-electron chi connectivity index (χ1n) is 8.46. The third-order valence-corrected chi connectivity index (χ3v) is 5.32. The lowest BCUT2D eigenvalue weighted by atomic mass is 10.2. The van der Waals surface area contributed by atoms with Gasteiger partial charge in [0.05, 0.1) is 28.4 Å². The Morgan fingerprint density at radius 2 is 1.97 bits per heavy atom. The van der Waals surface area contributed by atoms with Crippen LogP contribution in [0.3, 0.4) is 0 Å². The number of nitro groups is 1. The zero-order valence-corrected chi connectivity index (χ0v) is 17.4. The van der Waals surface area contributed by atoms with Crippen LogP contribution in [0.25, 0.3) is 0 Å². The van der Waals surface area contributed by atoms with Crippen LogP contribution in [0.15, 0.2) is 42.5 Å². The number of amides is 1. The van der Waals surface area contributed by atoms with Crippen LogP contribution in [0, 0.1) is 17.0 Å². The molecule has 1 amide bonds. The van der Waals surface area contributed by atoms with Gasteiger partial charge in [0.15, 0.2) is 0 Å². The summed E-state index contributed by atoms with van der Waals surface area (Å²) in [7, 11) is -3.86. The second-order valence-corrected chi connectivity index (χ2v) is 8.44. The maximum atomic E-state index is 12.2. The number of hydrogen-bond acceptors (Lipinski definition) is 6. The molecule has 0 spiro atoms. The molecule has 0 radical (unpaired) electrons. The molecule has 0 heterocycles. The highest BCUT2D eigenvalue weighted by atomic mass is 35.5. The minimum atomic E-state index is -3.86. The van der Waals surface area contributed by atoms with E-state index in [1.807, 2.05) is 0 Å². The molecule has 0 aliphatic rings. The quantitative estimate of drug-likeness (QED) is 0.363. The lowest BCUT2D eigenvalue weighted by Gasteiger charge is -2.23. The molecular formula is C18H20ClN3O6S. The normalized spacial score (nSPS) is 11.0. The fourth-order valence-electron chi connectivity index (χ4n) is 2.46. The molecule has 0 saturated heterocycles. The minimum absolute atomic E-state index is 0.0733. The number of ether oxygens (including phenoxy) is 1. The molecule has 9 nitrogen and oxygen atoms in total. The Morgan fingerprint density at radius 3 is 2.59 bits per heavy atom. The van der Waals surface area contributed by atoms with E-state index >= 15 is 0 Å². The number of benzene rings is 2. The summed E-state index contributed by atoms with van der Waals surface area (Å²) in [6, 6.07) is 10.7. The van der Waals surface area contributed by atoms with Crippen molar-refractivity contribution in [2.45, 2.75) is 6.92 Å². The summed E-state index contributed by atoms with van der Waals surface area (Å²) in [5.41, 5.74) is 0.285. The number of nitrogens with zero attached hydrogens (tertiary/aromatic N) is 2. The molecule has 0 aliphatic heterocycles. The van der Waals surface area contributed by atoms with Crippen molar-refractivity contribution in [1.82, 2.24) is 5.32 Å². The number of sulfonamides is 1. The number of carbonyl (C=O) groups excluding carboxylic acids is 1. The average Bonchev–Trinajstić information content (AvgIpc) is 2.64. The fourth-order valence-corrected chi connectivity index (χ4v) is 3.56. The van der Waals surface area contributed by atoms with Crippen LogP contribution < -0.4 is 14.4 Å². The predicted molar refractivity (Wildman–Crippen MR) is 110 cm³/mol. The van der Waals surface area contributed by atoms with E-state index in [4.69, 9.17) is 16.3 Å². The van der Waals surface area contributed by atoms with Gasteiger partial charge in [0.25, 0.3) is 5.69 Å². The molecule has 2 rings (SSSR count). The van der Waals surface area contributed by atoms with Gasteiger partial charge in [-0.3, -0.25) is 19.2 Å². The molecule has 2 aromatic carbocycles. The second-order valence-electron chi connectivity index (χ2n) is 6.13. The van der Waals surface area contributed by atoms with Gasteiger partial charge in [-0.05, 0) is 24.6 Å². The van der Waals surface area contributed by atoms with Gasteiger partial charge in [0.2, 0.25) is 15.9 Å². The maximum absolute atomic E-state index is 12.2. The SMILES string of the molecule is Cc1ccc([N+](=O)[O-])cc1N(CC(=O)NCCOc1ccccc1Cl)S(C)(=O)=O. The van der Waals surface area contributed by atoms with Gasteiger partial charge < -0.3 is 10.1 Å². The van der Waals surface area contributed by atoms with E-state index in [1.54, 1.807) is 31.2 Å². The molecule has 1 N–H and O–H groups in total. The van der Waals surface area contributed by atoms with E-state index in [2.05, 4.69) is 5.32 Å². The van der Waals surface area contributed by atoms with Gasteiger partial charge >= 0.3 is 0 Å². The maximum Gasteiger partial charge on any atom is 0.271 e. The van der Waals surface area contributed by atoms with Crippen LogP contribution in [0.4, 0.5) is 11.4 Å². The van der Waals surface area contributed by atoms with Crippen LogP contribution in [-0.4, -0.2) is 45.2 Å². The number of carbonyl (C=O) groups is 1. The molecule has 0 atom stereocenters. The Labute approximate surface area is 173 Å².